The summed E-state index contributed by atoms with van der Waals surface area (Å²) in [5.41, 5.74) is -0.697. The molecule has 1 fully saturated rings. The van der Waals surface area contributed by atoms with Gasteiger partial charge in [0.1, 0.15) is 16.6 Å². The molecular formula is C9H11Cl2N5O2. The Kier molecular flexibility index (Phi) is 3.86. The van der Waals surface area contributed by atoms with Crippen molar-refractivity contribution in [1.29, 1.82) is 0 Å². The van der Waals surface area contributed by atoms with Crippen LogP contribution in [0.1, 0.15) is 5.82 Å². The summed E-state index contributed by atoms with van der Waals surface area (Å²) >= 11 is 11.5. The highest BCUT2D eigenvalue weighted by Gasteiger charge is 2.33. The Hall–Kier alpha value is -1.15. The molecule has 1 aromatic rings. The molecule has 3 N–H and O–H groups in total. The number of nitro groups is 1. The molecule has 0 radical (unpaired) electrons. The van der Waals surface area contributed by atoms with Gasteiger partial charge in [-0.15, -0.1) is 0 Å². The molecule has 9 heteroatoms. The van der Waals surface area contributed by atoms with Gasteiger partial charge in [0, 0.05) is 25.6 Å². The number of imidazole rings is 1. The van der Waals surface area contributed by atoms with E-state index in [2.05, 4.69) is 20.6 Å². The smallest absolute Gasteiger partial charge is 0.233 e. The Morgan fingerprint density at radius 3 is 2.61 bits per heavy atom. The molecule has 0 aliphatic carbocycles. The first-order valence-electron chi connectivity index (χ1n) is 5.23. The van der Waals surface area contributed by atoms with Crippen molar-refractivity contribution in [3.05, 3.63) is 38.5 Å². The third-order valence-electron chi connectivity index (χ3n) is 2.60. The summed E-state index contributed by atoms with van der Waals surface area (Å²) in [6.45, 7) is 1.43. The summed E-state index contributed by atoms with van der Waals surface area (Å²) in [6.07, 6.45) is 2.74. The van der Waals surface area contributed by atoms with Gasteiger partial charge in [0.15, 0.2) is 5.15 Å². The van der Waals surface area contributed by atoms with Crippen LogP contribution in [0.3, 0.4) is 0 Å². The normalized spacial score (nSPS) is 18.6. The minimum atomic E-state index is -0.697. The Morgan fingerprint density at radius 1 is 1.44 bits per heavy atom. The second kappa shape index (κ2) is 5.23. The average Bonchev–Trinajstić information content (AvgIpc) is 2.86. The number of H-pyrrole nitrogens is 1. The first-order valence-corrected chi connectivity index (χ1v) is 5.99. The van der Waals surface area contributed by atoms with E-state index >= 15 is 0 Å². The molecule has 0 spiro atoms. The lowest BCUT2D eigenvalue weighted by Crippen LogP contribution is -2.49. The van der Waals surface area contributed by atoms with Gasteiger partial charge in [-0.25, -0.2) is 4.98 Å². The summed E-state index contributed by atoms with van der Waals surface area (Å²) in [5.74, 6) is 0.555. The summed E-state index contributed by atoms with van der Waals surface area (Å²) in [6, 6.07) is 0. The maximum absolute atomic E-state index is 10.4. The van der Waals surface area contributed by atoms with E-state index in [-0.39, 0.29) is 10.3 Å². The monoisotopic (exact) mass is 291 g/mol. The molecule has 1 aliphatic rings. The molecule has 0 atom stereocenters. The Bertz CT molecular complexity index is 462. The van der Waals surface area contributed by atoms with Crippen LogP contribution in [0.5, 0.6) is 0 Å². The number of rotatable bonds is 4. The fourth-order valence-corrected chi connectivity index (χ4v) is 2.15. The first kappa shape index (κ1) is 13.3. The fourth-order valence-electron chi connectivity index (χ4n) is 1.85. The van der Waals surface area contributed by atoms with E-state index in [1.807, 2.05) is 0 Å². The van der Waals surface area contributed by atoms with E-state index in [1.165, 1.54) is 6.08 Å². The van der Waals surface area contributed by atoms with Gasteiger partial charge in [-0.2, -0.15) is 0 Å². The topological polar surface area (TPSA) is 95.9 Å². The van der Waals surface area contributed by atoms with E-state index < -0.39 is 10.6 Å². The van der Waals surface area contributed by atoms with Crippen LogP contribution in [0.25, 0.3) is 0 Å². The molecule has 7 nitrogen and oxygen atoms in total. The molecule has 0 bridgehead atoms. The van der Waals surface area contributed by atoms with Crippen molar-refractivity contribution >= 4 is 23.2 Å². The van der Waals surface area contributed by atoms with E-state index in [1.54, 1.807) is 0 Å². The Labute approximate surface area is 113 Å². The zero-order valence-electron chi connectivity index (χ0n) is 9.24. The van der Waals surface area contributed by atoms with Gasteiger partial charge in [-0.05, 0) is 0 Å². The van der Waals surface area contributed by atoms with Gasteiger partial charge in [0.25, 0.3) is 0 Å². The van der Waals surface area contributed by atoms with Crippen LogP contribution in [0, 0.1) is 10.1 Å². The van der Waals surface area contributed by atoms with Crippen LogP contribution < -0.4 is 10.6 Å². The van der Waals surface area contributed by atoms with Crippen molar-refractivity contribution in [2.24, 2.45) is 0 Å². The van der Waals surface area contributed by atoms with Gasteiger partial charge in [-0.1, -0.05) is 23.2 Å². The number of nitrogens with zero attached hydrogens (tertiary/aromatic N) is 2. The van der Waals surface area contributed by atoms with E-state index in [0.29, 0.717) is 25.3 Å². The summed E-state index contributed by atoms with van der Waals surface area (Å²) < 4.78 is 0. The van der Waals surface area contributed by atoms with Gasteiger partial charge in [0.2, 0.25) is 6.20 Å². The predicted octanol–water partition coefficient (Wildman–Crippen LogP) is 0.938. The lowest BCUT2D eigenvalue weighted by molar-refractivity contribution is -0.403. The minimum absolute atomic E-state index is 0.193. The van der Waals surface area contributed by atoms with Crippen LogP contribution in [-0.4, -0.2) is 33.6 Å². The van der Waals surface area contributed by atoms with Crippen LogP contribution in [0.4, 0.5) is 0 Å². The molecule has 1 aromatic heterocycles. The third-order valence-corrected chi connectivity index (χ3v) is 3.24. The molecule has 18 heavy (non-hydrogen) atoms. The van der Waals surface area contributed by atoms with E-state index in [4.69, 9.17) is 23.2 Å². The van der Waals surface area contributed by atoms with Crippen molar-refractivity contribution in [1.82, 2.24) is 20.6 Å². The second-order valence-electron chi connectivity index (χ2n) is 3.89. The first-order chi connectivity index (χ1) is 8.51. The zero-order chi connectivity index (χ0) is 13.2. The van der Waals surface area contributed by atoms with Gasteiger partial charge in [0.05, 0.1) is 4.92 Å². The van der Waals surface area contributed by atoms with Crippen LogP contribution in [0.15, 0.2) is 12.3 Å². The molecule has 1 saturated heterocycles. The lowest BCUT2D eigenvalue weighted by atomic mass is 10.1. The molecule has 0 unspecified atom stereocenters. The number of halogens is 2. The molecular weight excluding hydrogens is 281 g/mol. The lowest BCUT2D eigenvalue weighted by Gasteiger charge is -2.23. The SMILES string of the molecule is O=[N+]([O-])C=CC1(Cc2nc(Cl)c(Cl)[nH]2)NCCN1. The van der Waals surface area contributed by atoms with Gasteiger partial charge < -0.3 is 4.98 Å². The van der Waals surface area contributed by atoms with Crippen molar-refractivity contribution < 1.29 is 4.92 Å². The van der Waals surface area contributed by atoms with Crippen LogP contribution in [-0.2, 0) is 6.42 Å². The Balaban J connectivity index is 2.18. The van der Waals surface area contributed by atoms with E-state index in [0.717, 1.165) is 6.20 Å². The minimum Gasteiger partial charge on any atom is -0.332 e. The van der Waals surface area contributed by atoms with Crippen LogP contribution in [0.2, 0.25) is 10.3 Å². The summed E-state index contributed by atoms with van der Waals surface area (Å²) in [5, 5.41) is 17.2. The quantitative estimate of drug-likeness (QED) is 0.567. The van der Waals surface area contributed by atoms with Crippen molar-refractivity contribution in [2.75, 3.05) is 13.1 Å². The average molecular weight is 292 g/mol. The van der Waals surface area contributed by atoms with Crippen molar-refractivity contribution in [3.8, 4) is 0 Å². The van der Waals surface area contributed by atoms with Gasteiger partial charge in [-0.3, -0.25) is 20.7 Å². The summed E-state index contributed by atoms with van der Waals surface area (Å²) in [7, 11) is 0. The van der Waals surface area contributed by atoms with E-state index in [9.17, 15) is 10.1 Å². The number of aromatic amines is 1. The standard InChI is InChI=1S/C9H11Cl2N5O2/c10-7-8(11)15-6(14-7)5-9(1-4-16(17)18)12-2-3-13-9/h1,4,12-13H,2-3,5H2,(H,14,15). The molecule has 98 valence electrons. The highest BCUT2D eigenvalue weighted by Crippen LogP contribution is 2.21. The third kappa shape index (κ3) is 2.99. The largest absolute Gasteiger partial charge is 0.332 e. The number of aromatic nitrogens is 2. The maximum atomic E-state index is 10.4. The van der Waals surface area contributed by atoms with Crippen molar-refractivity contribution in [2.45, 2.75) is 12.1 Å². The molecule has 0 saturated carbocycles. The molecule has 2 rings (SSSR count). The fraction of sp³-hybridized carbons (Fsp3) is 0.444. The molecule has 0 amide bonds. The highest BCUT2D eigenvalue weighted by atomic mass is 35.5. The summed E-state index contributed by atoms with van der Waals surface area (Å²) in [4.78, 5) is 16.8. The molecule has 1 aliphatic heterocycles. The molecule has 2 heterocycles. The number of hydrogen-bond acceptors (Lipinski definition) is 5. The highest BCUT2D eigenvalue weighted by molar-refractivity contribution is 6.40. The number of nitrogens with one attached hydrogen (secondary N) is 3. The molecule has 0 aromatic carbocycles. The Morgan fingerprint density at radius 2 is 2.11 bits per heavy atom. The predicted molar refractivity (Wildman–Crippen MR) is 67.2 cm³/mol. The number of hydrogen-bond donors (Lipinski definition) is 3. The van der Waals surface area contributed by atoms with Gasteiger partial charge >= 0.3 is 0 Å². The zero-order valence-corrected chi connectivity index (χ0v) is 10.8. The van der Waals surface area contributed by atoms with Crippen molar-refractivity contribution in [3.63, 3.8) is 0 Å². The van der Waals surface area contributed by atoms with Crippen LogP contribution >= 0.6 is 23.2 Å². The maximum Gasteiger partial charge on any atom is 0.233 e. The second-order valence-corrected chi connectivity index (χ2v) is 4.63.